The van der Waals surface area contributed by atoms with E-state index in [1.54, 1.807) is 0 Å². The van der Waals surface area contributed by atoms with Crippen molar-refractivity contribution in [3.63, 3.8) is 0 Å². The Kier molecular flexibility index (Phi) is 4.78. The van der Waals surface area contributed by atoms with Gasteiger partial charge < -0.3 is 10.1 Å². The molecule has 112 valence electrons. The van der Waals surface area contributed by atoms with Gasteiger partial charge in [-0.3, -0.25) is 9.88 Å². The summed E-state index contributed by atoms with van der Waals surface area (Å²) in [5.41, 5.74) is 0.959. The van der Waals surface area contributed by atoms with Crippen molar-refractivity contribution in [3.8, 4) is 0 Å². The van der Waals surface area contributed by atoms with E-state index in [4.69, 9.17) is 4.74 Å². The second-order valence-electron chi connectivity index (χ2n) is 6.83. The van der Waals surface area contributed by atoms with E-state index in [-0.39, 0.29) is 11.2 Å². The van der Waals surface area contributed by atoms with Crippen LogP contribution in [-0.4, -0.2) is 47.3 Å². The first kappa shape index (κ1) is 15.4. The summed E-state index contributed by atoms with van der Waals surface area (Å²) in [6.07, 6.45) is 1.84. The first-order chi connectivity index (χ1) is 9.36. The Balaban J connectivity index is 1.74. The van der Waals surface area contributed by atoms with Gasteiger partial charge in [0, 0.05) is 38.9 Å². The van der Waals surface area contributed by atoms with Crippen LogP contribution in [0.2, 0.25) is 0 Å². The van der Waals surface area contributed by atoms with E-state index in [2.05, 4.69) is 42.9 Å². The average Bonchev–Trinajstić information content (AvgIpc) is 2.32. The molecule has 0 saturated carbocycles. The minimum atomic E-state index is -0.0667. The minimum Gasteiger partial charge on any atom is -0.367 e. The molecule has 0 atom stereocenters. The Bertz CT molecular complexity index is 401. The molecule has 0 aliphatic carbocycles. The SMILES string of the molecule is CC1(C)CN(CCNCc2ccccn2)CC(C)(C)O1. The third-order valence-corrected chi connectivity index (χ3v) is 3.40. The number of hydrogen-bond acceptors (Lipinski definition) is 4. The summed E-state index contributed by atoms with van der Waals surface area (Å²) in [6, 6.07) is 6.02. The van der Waals surface area contributed by atoms with E-state index in [0.29, 0.717) is 0 Å². The number of pyridine rings is 1. The Labute approximate surface area is 122 Å². The Morgan fingerprint density at radius 2 is 1.90 bits per heavy atom. The summed E-state index contributed by atoms with van der Waals surface area (Å²) in [5.74, 6) is 0. The molecule has 20 heavy (non-hydrogen) atoms. The molecule has 1 fully saturated rings. The van der Waals surface area contributed by atoms with E-state index in [0.717, 1.165) is 38.4 Å². The number of aromatic nitrogens is 1. The molecule has 0 amide bonds. The first-order valence-corrected chi connectivity index (χ1v) is 7.40. The molecule has 4 nitrogen and oxygen atoms in total. The summed E-state index contributed by atoms with van der Waals surface area (Å²) in [7, 11) is 0. The van der Waals surface area contributed by atoms with Crippen LogP contribution < -0.4 is 5.32 Å². The fourth-order valence-corrected chi connectivity index (χ4v) is 3.06. The van der Waals surface area contributed by atoms with E-state index < -0.39 is 0 Å². The summed E-state index contributed by atoms with van der Waals surface area (Å²) in [5, 5.41) is 3.46. The predicted molar refractivity (Wildman–Crippen MR) is 81.6 cm³/mol. The highest BCUT2D eigenvalue weighted by Gasteiger charge is 2.37. The van der Waals surface area contributed by atoms with Crippen molar-refractivity contribution in [3.05, 3.63) is 30.1 Å². The molecule has 1 aliphatic rings. The van der Waals surface area contributed by atoms with Gasteiger partial charge >= 0.3 is 0 Å². The maximum Gasteiger partial charge on any atom is 0.0760 e. The normalized spacial score (nSPS) is 21.8. The van der Waals surface area contributed by atoms with E-state index in [1.165, 1.54) is 0 Å². The van der Waals surface area contributed by atoms with Crippen molar-refractivity contribution < 1.29 is 4.74 Å². The molecule has 1 saturated heterocycles. The van der Waals surface area contributed by atoms with E-state index in [1.807, 2.05) is 24.4 Å². The zero-order chi connectivity index (χ0) is 14.6. The van der Waals surface area contributed by atoms with Crippen LogP contribution in [0, 0.1) is 0 Å². The van der Waals surface area contributed by atoms with Crippen LogP contribution in [0.1, 0.15) is 33.4 Å². The van der Waals surface area contributed by atoms with Crippen molar-refractivity contribution in [1.82, 2.24) is 15.2 Å². The van der Waals surface area contributed by atoms with Crippen LogP contribution >= 0.6 is 0 Å². The lowest BCUT2D eigenvalue weighted by molar-refractivity contribution is -0.180. The van der Waals surface area contributed by atoms with Crippen LogP contribution in [0.3, 0.4) is 0 Å². The largest absolute Gasteiger partial charge is 0.367 e. The van der Waals surface area contributed by atoms with Gasteiger partial charge in [0.1, 0.15) is 0 Å². The molecule has 0 radical (unpaired) electrons. The Hall–Kier alpha value is -0.970. The van der Waals surface area contributed by atoms with Gasteiger partial charge in [-0.25, -0.2) is 0 Å². The highest BCUT2D eigenvalue weighted by atomic mass is 16.5. The highest BCUT2D eigenvalue weighted by molar-refractivity contribution is 5.02. The molecular weight excluding hydrogens is 250 g/mol. The molecule has 0 aromatic carbocycles. The fourth-order valence-electron chi connectivity index (χ4n) is 3.06. The van der Waals surface area contributed by atoms with Crippen molar-refractivity contribution in [2.45, 2.75) is 45.4 Å². The second-order valence-corrected chi connectivity index (χ2v) is 6.83. The predicted octanol–water partition coefficient (Wildman–Crippen LogP) is 2.06. The van der Waals surface area contributed by atoms with Gasteiger partial charge in [0.05, 0.1) is 16.9 Å². The van der Waals surface area contributed by atoms with Crippen LogP contribution in [0.4, 0.5) is 0 Å². The number of morpholine rings is 1. The number of nitrogens with one attached hydrogen (secondary N) is 1. The topological polar surface area (TPSA) is 37.4 Å². The summed E-state index contributed by atoms with van der Waals surface area (Å²) in [6.45, 7) is 13.5. The molecule has 0 bridgehead atoms. The van der Waals surface area contributed by atoms with Crippen LogP contribution in [0.15, 0.2) is 24.4 Å². The Morgan fingerprint density at radius 3 is 2.50 bits per heavy atom. The smallest absolute Gasteiger partial charge is 0.0760 e. The highest BCUT2D eigenvalue weighted by Crippen LogP contribution is 2.27. The summed E-state index contributed by atoms with van der Waals surface area (Å²) < 4.78 is 6.09. The van der Waals surface area contributed by atoms with Crippen LogP contribution in [0.5, 0.6) is 0 Å². The third-order valence-electron chi connectivity index (χ3n) is 3.40. The van der Waals surface area contributed by atoms with Crippen molar-refractivity contribution in [2.24, 2.45) is 0 Å². The lowest BCUT2D eigenvalue weighted by Crippen LogP contribution is -2.58. The minimum absolute atomic E-state index is 0.0667. The van der Waals surface area contributed by atoms with Gasteiger partial charge in [0.25, 0.3) is 0 Å². The standard InChI is InChI=1S/C16H27N3O/c1-15(2)12-19(13-16(3,4)20-15)10-9-17-11-14-7-5-6-8-18-14/h5-8,17H,9-13H2,1-4H3. The second kappa shape index (κ2) is 6.20. The maximum atomic E-state index is 6.09. The lowest BCUT2D eigenvalue weighted by Gasteiger charge is -2.47. The molecule has 1 aliphatic heterocycles. The van der Waals surface area contributed by atoms with Gasteiger partial charge in [-0.15, -0.1) is 0 Å². The molecule has 0 spiro atoms. The third kappa shape index (κ3) is 4.85. The fraction of sp³-hybridized carbons (Fsp3) is 0.688. The number of rotatable bonds is 5. The van der Waals surface area contributed by atoms with Crippen molar-refractivity contribution in [1.29, 1.82) is 0 Å². The zero-order valence-electron chi connectivity index (χ0n) is 13.1. The van der Waals surface area contributed by atoms with E-state index in [9.17, 15) is 0 Å². The van der Waals surface area contributed by atoms with Crippen LogP contribution in [0.25, 0.3) is 0 Å². The first-order valence-electron chi connectivity index (χ1n) is 7.40. The van der Waals surface area contributed by atoms with Gasteiger partial charge in [0.15, 0.2) is 0 Å². The molecule has 4 heteroatoms. The molecule has 1 aromatic rings. The molecule has 1 N–H and O–H groups in total. The average molecular weight is 277 g/mol. The molecular formula is C16H27N3O. The van der Waals surface area contributed by atoms with Crippen LogP contribution in [-0.2, 0) is 11.3 Å². The van der Waals surface area contributed by atoms with Crippen molar-refractivity contribution in [2.75, 3.05) is 26.2 Å². The quantitative estimate of drug-likeness (QED) is 0.836. The van der Waals surface area contributed by atoms with Crippen molar-refractivity contribution >= 4 is 0 Å². The summed E-state index contributed by atoms with van der Waals surface area (Å²) in [4.78, 5) is 6.79. The maximum absolute atomic E-state index is 6.09. The monoisotopic (exact) mass is 277 g/mol. The number of nitrogens with zero attached hydrogens (tertiary/aromatic N) is 2. The molecule has 2 heterocycles. The number of ether oxygens (including phenoxy) is 1. The summed E-state index contributed by atoms with van der Waals surface area (Å²) >= 11 is 0. The number of hydrogen-bond donors (Lipinski definition) is 1. The lowest BCUT2D eigenvalue weighted by atomic mass is 9.99. The Morgan fingerprint density at radius 1 is 1.20 bits per heavy atom. The zero-order valence-corrected chi connectivity index (χ0v) is 13.1. The van der Waals surface area contributed by atoms with Gasteiger partial charge in [0.2, 0.25) is 0 Å². The van der Waals surface area contributed by atoms with Gasteiger partial charge in [-0.2, -0.15) is 0 Å². The van der Waals surface area contributed by atoms with Gasteiger partial charge in [-0.05, 0) is 39.8 Å². The molecule has 2 rings (SSSR count). The molecule has 0 unspecified atom stereocenters. The van der Waals surface area contributed by atoms with Gasteiger partial charge in [-0.1, -0.05) is 6.07 Å². The van der Waals surface area contributed by atoms with E-state index >= 15 is 0 Å². The molecule has 1 aromatic heterocycles.